The summed E-state index contributed by atoms with van der Waals surface area (Å²) in [6, 6.07) is 11.4. The van der Waals surface area contributed by atoms with Gasteiger partial charge in [-0.2, -0.15) is 5.26 Å². The molecule has 2 aromatic rings. The van der Waals surface area contributed by atoms with Gasteiger partial charge in [0, 0.05) is 10.6 Å². The van der Waals surface area contributed by atoms with E-state index in [1.54, 1.807) is 11.4 Å². The van der Waals surface area contributed by atoms with Gasteiger partial charge in [-0.3, -0.25) is 4.79 Å². The maximum absolute atomic E-state index is 11.9. The van der Waals surface area contributed by atoms with E-state index in [2.05, 4.69) is 5.32 Å². The largest absolute Gasteiger partial charge is 0.332 e. The molecule has 6 heteroatoms. The van der Waals surface area contributed by atoms with Crippen LogP contribution in [0.15, 0.2) is 35.7 Å². The van der Waals surface area contributed by atoms with E-state index in [1.165, 1.54) is 11.3 Å². The Labute approximate surface area is 132 Å². The molecule has 108 valence electrons. The Balaban J connectivity index is 1.90. The topological polar surface area (TPSA) is 69.5 Å². The van der Waals surface area contributed by atoms with Crippen LogP contribution in [0.2, 0.25) is 5.02 Å². The molecule has 21 heavy (non-hydrogen) atoms. The summed E-state index contributed by atoms with van der Waals surface area (Å²) in [5.41, 5.74) is 1.49. The van der Waals surface area contributed by atoms with Crippen molar-refractivity contribution >= 4 is 33.8 Å². The Morgan fingerprint density at radius 2 is 2.24 bits per heavy atom. The second-order valence-corrected chi connectivity index (χ2v) is 5.90. The fourth-order valence-corrected chi connectivity index (χ4v) is 2.99. The van der Waals surface area contributed by atoms with Gasteiger partial charge >= 0.3 is 0 Å². The molecule has 1 heterocycles. The molecule has 0 unspecified atom stereocenters. The number of thiophene rings is 1. The highest BCUT2D eigenvalue weighted by Gasteiger charge is 2.15. The molecule has 2 rings (SSSR count). The number of amides is 1. The van der Waals surface area contributed by atoms with E-state index in [0.29, 0.717) is 15.6 Å². The summed E-state index contributed by atoms with van der Waals surface area (Å²) in [5.74, 6) is -0.132. The lowest BCUT2D eigenvalue weighted by molar-refractivity contribution is -0.682. The summed E-state index contributed by atoms with van der Waals surface area (Å²) < 4.78 is 0. The Hall–Kier alpha value is -1.87. The molecule has 0 aliphatic heterocycles. The van der Waals surface area contributed by atoms with Crippen molar-refractivity contribution in [2.45, 2.75) is 13.0 Å². The van der Waals surface area contributed by atoms with Crippen molar-refractivity contribution in [1.29, 1.82) is 5.26 Å². The monoisotopic (exact) mass is 320 g/mol. The van der Waals surface area contributed by atoms with E-state index in [9.17, 15) is 4.79 Å². The van der Waals surface area contributed by atoms with Crippen LogP contribution in [0.5, 0.6) is 0 Å². The SMILES string of the molecule is C[C@@H]([NH2+]CC(=O)Nc1sccc1C#N)c1ccccc1Cl. The van der Waals surface area contributed by atoms with E-state index in [-0.39, 0.29) is 18.5 Å². The van der Waals surface area contributed by atoms with Gasteiger partial charge in [-0.05, 0) is 24.4 Å². The molecule has 1 aromatic heterocycles. The average Bonchev–Trinajstić information content (AvgIpc) is 2.92. The Morgan fingerprint density at radius 1 is 1.48 bits per heavy atom. The van der Waals surface area contributed by atoms with Crippen LogP contribution < -0.4 is 10.6 Å². The summed E-state index contributed by atoms with van der Waals surface area (Å²) in [4.78, 5) is 11.9. The van der Waals surface area contributed by atoms with Gasteiger partial charge in [-0.1, -0.05) is 29.8 Å². The summed E-state index contributed by atoms with van der Waals surface area (Å²) in [7, 11) is 0. The standard InChI is InChI=1S/C15H14ClN3OS/c1-10(12-4-2-3-5-13(12)16)18-9-14(20)19-15-11(8-17)6-7-21-15/h2-7,10,18H,9H2,1H3,(H,19,20)/p+1/t10-/m1/s1. The van der Waals surface area contributed by atoms with Gasteiger partial charge in [0.2, 0.25) is 0 Å². The summed E-state index contributed by atoms with van der Waals surface area (Å²) in [5, 5.41) is 16.7. The van der Waals surface area contributed by atoms with Crippen LogP contribution >= 0.6 is 22.9 Å². The zero-order valence-corrected chi connectivity index (χ0v) is 13.0. The van der Waals surface area contributed by atoms with Crippen molar-refractivity contribution in [2.75, 3.05) is 11.9 Å². The maximum Gasteiger partial charge on any atom is 0.280 e. The third kappa shape index (κ3) is 4.05. The molecule has 0 aliphatic rings. The molecule has 1 aromatic carbocycles. The van der Waals surface area contributed by atoms with Crippen LogP contribution in [0, 0.1) is 11.3 Å². The normalized spacial score (nSPS) is 11.7. The van der Waals surface area contributed by atoms with Gasteiger partial charge in [0.15, 0.2) is 6.54 Å². The summed E-state index contributed by atoms with van der Waals surface area (Å²) in [6.07, 6.45) is 0. The first-order valence-electron chi connectivity index (χ1n) is 6.47. The van der Waals surface area contributed by atoms with Gasteiger partial charge in [0.25, 0.3) is 5.91 Å². The maximum atomic E-state index is 11.9. The highest BCUT2D eigenvalue weighted by atomic mass is 35.5. The molecule has 1 atom stereocenters. The number of quaternary nitrogens is 1. The van der Waals surface area contributed by atoms with Crippen LogP contribution in [0.4, 0.5) is 5.00 Å². The third-order valence-corrected chi connectivity index (χ3v) is 4.27. The molecule has 0 fully saturated rings. The minimum Gasteiger partial charge on any atom is -0.332 e. The van der Waals surface area contributed by atoms with Gasteiger partial charge in [0.1, 0.15) is 17.1 Å². The second-order valence-electron chi connectivity index (χ2n) is 4.57. The van der Waals surface area contributed by atoms with E-state index >= 15 is 0 Å². The van der Waals surface area contributed by atoms with E-state index < -0.39 is 0 Å². The molecule has 4 nitrogen and oxygen atoms in total. The fraction of sp³-hybridized carbons (Fsp3) is 0.200. The summed E-state index contributed by atoms with van der Waals surface area (Å²) in [6.45, 7) is 2.27. The fourth-order valence-electron chi connectivity index (χ4n) is 1.93. The lowest BCUT2D eigenvalue weighted by Crippen LogP contribution is -2.86. The molecule has 0 radical (unpaired) electrons. The van der Waals surface area contributed by atoms with Crippen LogP contribution in [-0.4, -0.2) is 12.5 Å². The van der Waals surface area contributed by atoms with Crippen LogP contribution in [0.1, 0.15) is 24.1 Å². The summed E-state index contributed by atoms with van der Waals surface area (Å²) >= 11 is 7.48. The van der Waals surface area contributed by atoms with E-state index in [0.717, 1.165) is 5.56 Å². The Bertz CT molecular complexity index is 678. The molecule has 0 aliphatic carbocycles. The van der Waals surface area contributed by atoms with Gasteiger partial charge < -0.3 is 10.6 Å². The number of carbonyl (C=O) groups excluding carboxylic acids is 1. The number of nitriles is 1. The molecule has 0 saturated carbocycles. The smallest absolute Gasteiger partial charge is 0.280 e. The van der Waals surface area contributed by atoms with Crippen LogP contribution in [-0.2, 0) is 4.79 Å². The number of anilines is 1. The first-order chi connectivity index (χ1) is 10.1. The van der Waals surface area contributed by atoms with E-state index in [1.807, 2.05) is 42.6 Å². The molecule has 0 bridgehead atoms. The number of halogens is 1. The van der Waals surface area contributed by atoms with E-state index in [4.69, 9.17) is 16.9 Å². The van der Waals surface area contributed by atoms with Crippen molar-refractivity contribution in [3.8, 4) is 6.07 Å². The zero-order chi connectivity index (χ0) is 15.2. The number of benzene rings is 1. The Morgan fingerprint density at radius 3 is 2.95 bits per heavy atom. The van der Waals surface area contributed by atoms with Crippen molar-refractivity contribution in [2.24, 2.45) is 0 Å². The van der Waals surface area contributed by atoms with Crippen molar-refractivity contribution in [3.63, 3.8) is 0 Å². The molecular weight excluding hydrogens is 306 g/mol. The molecule has 1 amide bonds. The second kappa shape index (κ2) is 7.23. The first-order valence-corrected chi connectivity index (χ1v) is 7.72. The van der Waals surface area contributed by atoms with Crippen LogP contribution in [0.25, 0.3) is 0 Å². The van der Waals surface area contributed by atoms with Crippen molar-refractivity contribution in [3.05, 3.63) is 51.9 Å². The predicted octanol–water partition coefficient (Wildman–Crippen LogP) is 2.54. The number of hydrogen-bond acceptors (Lipinski definition) is 3. The van der Waals surface area contributed by atoms with Gasteiger partial charge in [-0.25, -0.2) is 0 Å². The molecular formula is C15H15ClN3OS+. The lowest BCUT2D eigenvalue weighted by atomic mass is 10.1. The third-order valence-electron chi connectivity index (χ3n) is 3.09. The number of nitrogens with one attached hydrogen (secondary N) is 1. The Kier molecular flexibility index (Phi) is 5.34. The number of nitrogens with zero attached hydrogens (tertiary/aromatic N) is 1. The minimum atomic E-state index is -0.132. The molecule has 3 N–H and O–H groups in total. The number of rotatable bonds is 5. The quantitative estimate of drug-likeness (QED) is 0.888. The highest BCUT2D eigenvalue weighted by molar-refractivity contribution is 7.14. The lowest BCUT2D eigenvalue weighted by Gasteiger charge is -2.12. The highest BCUT2D eigenvalue weighted by Crippen LogP contribution is 2.22. The van der Waals surface area contributed by atoms with Gasteiger partial charge in [-0.15, -0.1) is 11.3 Å². The van der Waals surface area contributed by atoms with Crippen molar-refractivity contribution in [1.82, 2.24) is 0 Å². The number of carbonyl (C=O) groups is 1. The predicted molar refractivity (Wildman–Crippen MR) is 84.3 cm³/mol. The average molecular weight is 321 g/mol. The van der Waals surface area contributed by atoms with Crippen LogP contribution in [0.3, 0.4) is 0 Å². The minimum absolute atomic E-state index is 0.0863. The zero-order valence-electron chi connectivity index (χ0n) is 11.5. The number of hydrogen-bond donors (Lipinski definition) is 2. The molecule has 0 spiro atoms. The van der Waals surface area contributed by atoms with Gasteiger partial charge in [0.05, 0.1) is 5.56 Å². The first kappa shape index (κ1) is 15.5. The van der Waals surface area contributed by atoms with Crippen molar-refractivity contribution < 1.29 is 10.1 Å². The molecule has 0 saturated heterocycles. The number of nitrogens with two attached hydrogens (primary N) is 1.